The van der Waals surface area contributed by atoms with Gasteiger partial charge in [0.1, 0.15) is 17.6 Å². The van der Waals surface area contributed by atoms with Crippen LogP contribution in [0.25, 0.3) is 5.76 Å². The van der Waals surface area contributed by atoms with Crippen LogP contribution in [0.5, 0.6) is 5.75 Å². The third-order valence-corrected chi connectivity index (χ3v) is 5.91. The van der Waals surface area contributed by atoms with Crippen LogP contribution in [0.4, 0.5) is 0 Å². The highest BCUT2D eigenvalue weighted by Gasteiger charge is 2.49. The number of likely N-dealkylation sites (tertiary alicyclic amines) is 1. The summed E-state index contributed by atoms with van der Waals surface area (Å²) in [6, 6.07) is 10.00. The Balaban J connectivity index is 1.84. The first-order chi connectivity index (χ1) is 14.5. The van der Waals surface area contributed by atoms with Crippen LogP contribution in [0.3, 0.4) is 0 Å². The van der Waals surface area contributed by atoms with E-state index in [0.717, 1.165) is 37.0 Å². The Kier molecular flexibility index (Phi) is 5.57. The Morgan fingerprint density at radius 1 is 1.20 bits per heavy atom. The monoisotopic (exact) mass is 406 g/mol. The summed E-state index contributed by atoms with van der Waals surface area (Å²) in [4.78, 5) is 32.1. The summed E-state index contributed by atoms with van der Waals surface area (Å²) in [5.74, 6) is -0.652. The van der Waals surface area contributed by atoms with Crippen LogP contribution in [0.2, 0.25) is 0 Å². The molecular weight excluding hydrogens is 380 g/mol. The summed E-state index contributed by atoms with van der Waals surface area (Å²) < 4.78 is 5.57. The molecule has 0 spiro atoms. The Hall–Kier alpha value is -3.15. The van der Waals surface area contributed by atoms with Crippen molar-refractivity contribution >= 4 is 17.4 Å². The van der Waals surface area contributed by atoms with Gasteiger partial charge in [-0.3, -0.25) is 14.6 Å². The molecule has 1 amide bonds. The molecule has 1 aliphatic carbocycles. The maximum atomic E-state index is 13.1. The number of carbonyl (C=O) groups excluding carboxylic acids is 2. The fourth-order valence-electron chi connectivity index (χ4n) is 4.51. The zero-order chi connectivity index (χ0) is 21.3. The molecule has 1 aliphatic heterocycles. The lowest BCUT2D eigenvalue weighted by molar-refractivity contribution is -0.141. The quantitative estimate of drug-likeness (QED) is 0.458. The first-order valence-electron chi connectivity index (χ1n) is 10.5. The van der Waals surface area contributed by atoms with E-state index in [1.165, 1.54) is 0 Å². The molecule has 1 aromatic carbocycles. The highest BCUT2D eigenvalue weighted by atomic mass is 16.5. The van der Waals surface area contributed by atoms with Crippen LogP contribution in [0.15, 0.2) is 48.2 Å². The number of carbonyl (C=O) groups is 2. The molecule has 0 radical (unpaired) electrons. The third kappa shape index (κ3) is 3.47. The summed E-state index contributed by atoms with van der Waals surface area (Å²) in [5, 5.41) is 11.2. The molecule has 156 valence electrons. The van der Waals surface area contributed by atoms with Gasteiger partial charge < -0.3 is 14.7 Å². The van der Waals surface area contributed by atoms with Crippen molar-refractivity contribution in [1.29, 1.82) is 0 Å². The first kappa shape index (κ1) is 20.1. The highest BCUT2D eigenvalue weighted by molar-refractivity contribution is 6.46. The minimum atomic E-state index is -0.679. The fraction of sp³-hybridized carbons (Fsp3) is 0.375. The third-order valence-electron chi connectivity index (χ3n) is 5.91. The molecule has 6 nitrogen and oxygen atoms in total. The van der Waals surface area contributed by atoms with E-state index in [1.54, 1.807) is 41.4 Å². The minimum Gasteiger partial charge on any atom is -0.507 e. The summed E-state index contributed by atoms with van der Waals surface area (Å²) in [6.45, 7) is 4.33. The largest absolute Gasteiger partial charge is 0.507 e. The van der Waals surface area contributed by atoms with Gasteiger partial charge in [0.05, 0.1) is 17.9 Å². The molecular formula is C24H26N2O4. The standard InChI is InChI=1S/C24H26N2O4/c1-3-30-19-12-11-16(14-15(19)2)22(27)20-21(18-10-6-7-13-25-18)26(24(29)23(20)28)17-8-4-5-9-17/h6-7,10-14,17,21,27H,3-5,8-9H2,1-2H3/b22-20-. The second-order valence-electron chi connectivity index (χ2n) is 7.81. The molecule has 1 unspecified atom stereocenters. The van der Waals surface area contributed by atoms with Crippen molar-refractivity contribution in [3.8, 4) is 5.75 Å². The number of amides is 1. The predicted octanol–water partition coefficient (Wildman–Crippen LogP) is 4.15. The molecule has 1 saturated carbocycles. The number of Topliss-reactive ketones (excluding diaryl/α,β-unsaturated/α-hetero) is 1. The van der Waals surface area contributed by atoms with Crippen molar-refractivity contribution in [2.75, 3.05) is 6.61 Å². The van der Waals surface area contributed by atoms with Gasteiger partial charge in [0, 0.05) is 17.8 Å². The molecule has 30 heavy (non-hydrogen) atoms. The fourth-order valence-corrected chi connectivity index (χ4v) is 4.51. The van der Waals surface area contributed by atoms with Gasteiger partial charge in [-0.15, -0.1) is 0 Å². The average Bonchev–Trinajstić information content (AvgIpc) is 3.37. The maximum Gasteiger partial charge on any atom is 0.295 e. The summed E-state index contributed by atoms with van der Waals surface area (Å²) in [7, 11) is 0. The number of hydrogen-bond acceptors (Lipinski definition) is 5. The van der Waals surface area contributed by atoms with Crippen molar-refractivity contribution in [1.82, 2.24) is 9.88 Å². The Morgan fingerprint density at radius 3 is 2.60 bits per heavy atom. The van der Waals surface area contributed by atoms with Gasteiger partial charge in [-0.2, -0.15) is 0 Å². The molecule has 2 aromatic rings. The number of aryl methyl sites for hydroxylation is 1. The predicted molar refractivity (Wildman–Crippen MR) is 113 cm³/mol. The van der Waals surface area contributed by atoms with Crippen molar-refractivity contribution < 1.29 is 19.4 Å². The second-order valence-corrected chi connectivity index (χ2v) is 7.81. The van der Waals surface area contributed by atoms with Gasteiger partial charge in [0.25, 0.3) is 11.7 Å². The van der Waals surface area contributed by atoms with E-state index in [2.05, 4.69) is 4.98 Å². The van der Waals surface area contributed by atoms with Crippen LogP contribution in [0, 0.1) is 6.92 Å². The van der Waals surface area contributed by atoms with Gasteiger partial charge in [-0.25, -0.2) is 0 Å². The van der Waals surface area contributed by atoms with Crippen molar-refractivity contribution in [2.24, 2.45) is 0 Å². The van der Waals surface area contributed by atoms with E-state index < -0.39 is 17.7 Å². The lowest BCUT2D eigenvalue weighted by Gasteiger charge is -2.30. The Bertz CT molecular complexity index is 994. The van der Waals surface area contributed by atoms with Gasteiger partial charge in [0.15, 0.2) is 0 Å². The van der Waals surface area contributed by atoms with E-state index in [0.29, 0.717) is 17.9 Å². The van der Waals surface area contributed by atoms with Crippen LogP contribution in [0.1, 0.15) is 55.5 Å². The number of aromatic nitrogens is 1. The van der Waals surface area contributed by atoms with Crippen LogP contribution in [-0.4, -0.2) is 39.3 Å². The van der Waals surface area contributed by atoms with E-state index in [1.807, 2.05) is 19.9 Å². The Morgan fingerprint density at radius 2 is 1.97 bits per heavy atom. The van der Waals surface area contributed by atoms with Crippen LogP contribution < -0.4 is 4.74 Å². The molecule has 0 bridgehead atoms. The van der Waals surface area contributed by atoms with Gasteiger partial charge in [0.2, 0.25) is 0 Å². The van der Waals surface area contributed by atoms with E-state index in [4.69, 9.17) is 4.74 Å². The SMILES string of the molecule is CCOc1ccc(/C(O)=C2/C(=O)C(=O)N(C3CCCC3)C2c2ccccn2)cc1C. The number of ketones is 1. The van der Waals surface area contributed by atoms with Crippen molar-refractivity contribution in [3.05, 3.63) is 65.0 Å². The minimum absolute atomic E-state index is 0.0131. The summed E-state index contributed by atoms with van der Waals surface area (Å²) in [6.07, 6.45) is 5.42. The number of rotatable bonds is 5. The Labute approximate surface area is 176 Å². The molecule has 1 atom stereocenters. The van der Waals surface area contributed by atoms with E-state index in [9.17, 15) is 14.7 Å². The lowest BCUT2D eigenvalue weighted by atomic mass is 9.97. The van der Waals surface area contributed by atoms with Gasteiger partial charge in [-0.05, 0) is 62.6 Å². The van der Waals surface area contributed by atoms with Gasteiger partial charge >= 0.3 is 0 Å². The van der Waals surface area contributed by atoms with Crippen LogP contribution >= 0.6 is 0 Å². The number of benzene rings is 1. The summed E-state index contributed by atoms with van der Waals surface area (Å²) >= 11 is 0. The molecule has 6 heteroatoms. The molecule has 1 aromatic heterocycles. The van der Waals surface area contributed by atoms with E-state index in [-0.39, 0.29) is 17.4 Å². The topological polar surface area (TPSA) is 79.7 Å². The van der Waals surface area contributed by atoms with Gasteiger partial charge in [-0.1, -0.05) is 18.9 Å². The molecule has 1 N–H and O–H groups in total. The highest BCUT2D eigenvalue weighted by Crippen LogP contribution is 2.43. The lowest BCUT2D eigenvalue weighted by Crippen LogP contribution is -2.37. The molecule has 1 saturated heterocycles. The number of pyridine rings is 1. The zero-order valence-electron chi connectivity index (χ0n) is 17.3. The van der Waals surface area contributed by atoms with E-state index >= 15 is 0 Å². The number of ether oxygens (including phenoxy) is 1. The van der Waals surface area contributed by atoms with Crippen molar-refractivity contribution in [3.63, 3.8) is 0 Å². The number of nitrogens with zero attached hydrogens (tertiary/aromatic N) is 2. The normalized spacial score (nSPS) is 21.4. The zero-order valence-corrected chi connectivity index (χ0v) is 17.3. The average molecular weight is 406 g/mol. The summed E-state index contributed by atoms with van der Waals surface area (Å²) in [5.41, 5.74) is 2.03. The molecule has 4 rings (SSSR count). The first-order valence-corrected chi connectivity index (χ1v) is 10.5. The number of aliphatic hydroxyl groups excluding tert-OH is 1. The van der Waals surface area contributed by atoms with Crippen molar-refractivity contribution in [2.45, 2.75) is 51.6 Å². The number of aliphatic hydroxyl groups is 1. The maximum absolute atomic E-state index is 13.1. The molecule has 2 heterocycles. The molecule has 2 fully saturated rings. The smallest absolute Gasteiger partial charge is 0.295 e. The van der Waals surface area contributed by atoms with Crippen LogP contribution in [-0.2, 0) is 9.59 Å². The second kappa shape index (κ2) is 8.30. The number of hydrogen-bond donors (Lipinski definition) is 1. The molecule has 2 aliphatic rings.